The number of nitrogens with zero attached hydrogens (tertiary/aromatic N) is 2. The van der Waals surface area contributed by atoms with Crippen molar-refractivity contribution in [2.75, 3.05) is 5.75 Å². The molecular weight excluding hydrogens is 316 g/mol. The van der Waals surface area contributed by atoms with Gasteiger partial charge in [0, 0.05) is 10.7 Å². The third-order valence-electron chi connectivity index (χ3n) is 2.23. The summed E-state index contributed by atoms with van der Waals surface area (Å²) in [6, 6.07) is 4.10. The highest BCUT2D eigenvalue weighted by Crippen LogP contribution is 2.25. The lowest BCUT2D eigenvalue weighted by molar-refractivity contribution is -0.191. The van der Waals surface area contributed by atoms with Gasteiger partial charge in [0.1, 0.15) is 10.7 Å². The second-order valence-electron chi connectivity index (χ2n) is 3.31. The predicted molar refractivity (Wildman–Crippen MR) is 73.7 cm³/mol. The van der Waals surface area contributed by atoms with E-state index in [1.54, 1.807) is 0 Å². The number of aromatic nitrogens is 2. The van der Waals surface area contributed by atoms with Crippen molar-refractivity contribution < 1.29 is 9.59 Å². The molecule has 2 aromatic rings. The van der Waals surface area contributed by atoms with Gasteiger partial charge in [-0.15, -0.1) is 11.8 Å². The zero-order valence-corrected chi connectivity index (χ0v) is 12.5. The number of thioether (sulfide) groups is 1. The zero-order chi connectivity index (χ0) is 13.5. The average molecular weight is 329 g/mol. The van der Waals surface area contributed by atoms with Gasteiger partial charge in [-0.3, -0.25) is 4.40 Å². The van der Waals surface area contributed by atoms with Crippen molar-refractivity contribution in [2.45, 2.75) is 25.3 Å². The summed E-state index contributed by atoms with van der Waals surface area (Å²) in [6.45, 7) is 4.32. The van der Waals surface area contributed by atoms with Crippen LogP contribution in [0.3, 0.4) is 0 Å². The van der Waals surface area contributed by atoms with Crippen LogP contribution in [0.15, 0.2) is 27.8 Å². The summed E-state index contributed by atoms with van der Waals surface area (Å²) in [5.74, 6) is 1.08. The molecule has 0 saturated carbocycles. The highest BCUT2D eigenvalue weighted by Gasteiger charge is 2.10. The zero-order valence-electron chi connectivity index (χ0n) is 10.1. The molecular formula is C12H13BrN2O2S. The van der Waals surface area contributed by atoms with Crippen LogP contribution in [-0.4, -0.2) is 21.3 Å². The van der Waals surface area contributed by atoms with Crippen molar-refractivity contribution in [1.82, 2.24) is 9.38 Å². The number of halogens is 1. The van der Waals surface area contributed by atoms with Crippen LogP contribution in [-0.2, 0) is 16.0 Å². The fraction of sp³-hybridized carbons (Fsp3) is 0.333. The number of aryl methyl sites for hydroxylation is 1. The minimum Gasteiger partial charge on any atom is -0.294 e. The van der Waals surface area contributed by atoms with Crippen molar-refractivity contribution in [3.05, 3.63) is 28.5 Å². The van der Waals surface area contributed by atoms with Crippen molar-refractivity contribution in [3.8, 4) is 0 Å². The van der Waals surface area contributed by atoms with E-state index < -0.39 is 0 Å². The maximum absolute atomic E-state index is 8.12. The van der Waals surface area contributed by atoms with E-state index in [2.05, 4.69) is 51.4 Å². The first-order chi connectivity index (χ1) is 8.67. The van der Waals surface area contributed by atoms with Crippen LogP contribution in [0.5, 0.6) is 0 Å². The maximum atomic E-state index is 8.12. The van der Waals surface area contributed by atoms with Gasteiger partial charge in [-0.05, 0) is 24.3 Å². The van der Waals surface area contributed by atoms with Crippen LogP contribution < -0.4 is 0 Å². The Morgan fingerprint density at radius 1 is 1.44 bits per heavy atom. The topological polar surface area (TPSA) is 51.4 Å². The predicted octanol–water partition coefficient (Wildman–Crippen LogP) is 3.19. The van der Waals surface area contributed by atoms with E-state index in [0.29, 0.717) is 0 Å². The first kappa shape index (κ1) is 15.0. The minimum atomic E-state index is 0.250. The molecule has 0 aliphatic heterocycles. The van der Waals surface area contributed by atoms with E-state index in [0.717, 1.165) is 22.3 Å². The number of carbonyl (C=O) groups excluding carboxylic acids is 2. The summed E-state index contributed by atoms with van der Waals surface area (Å²) in [7, 11) is 0. The van der Waals surface area contributed by atoms with Gasteiger partial charge in [0.25, 0.3) is 0 Å². The van der Waals surface area contributed by atoms with Crippen LogP contribution in [0.4, 0.5) is 0 Å². The molecule has 0 aromatic carbocycles. The molecule has 0 atom stereocenters. The molecule has 0 bridgehead atoms. The number of imidazole rings is 1. The van der Waals surface area contributed by atoms with E-state index in [4.69, 9.17) is 9.59 Å². The summed E-state index contributed by atoms with van der Waals surface area (Å²) in [5.41, 5.74) is 2.22. The Morgan fingerprint density at radius 3 is 2.67 bits per heavy atom. The molecule has 0 radical (unpaired) electrons. The Bertz CT molecular complexity index is 562. The van der Waals surface area contributed by atoms with Crippen molar-refractivity contribution in [2.24, 2.45) is 0 Å². The molecule has 2 rings (SSSR count). The Morgan fingerprint density at radius 2 is 2.11 bits per heavy atom. The smallest absolute Gasteiger partial charge is 0.294 e. The lowest BCUT2D eigenvalue weighted by atomic mass is 10.4. The SMILES string of the molecule is CCSc1c(CC)nc2cc(Br)ccn12.O=C=O. The van der Waals surface area contributed by atoms with Gasteiger partial charge in [-0.1, -0.05) is 29.8 Å². The van der Waals surface area contributed by atoms with Crippen molar-refractivity contribution >= 4 is 39.5 Å². The van der Waals surface area contributed by atoms with E-state index in [-0.39, 0.29) is 6.15 Å². The molecule has 2 heterocycles. The summed E-state index contributed by atoms with van der Waals surface area (Å²) >= 11 is 5.32. The van der Waals surface area contributed by atoms with Gasteiger partial charge in [0.05, 0.1) is 5.69 Å². The first-order valence-corrected chi connectivity index (χ1v) is 7.24. The minimum absolute atomic E-state index is 0.250. The van der Waals surface area contributed by atoms with Crippen LogP contribution >= 0.6 is 27.7 Å². The van der Waals surface area contributed by atoms with E-state index >= 15 is 0 Å². The average Bonchev–Trinajstić information content (AvgIpc) is 2.68. The first-order valence-electron chi connectivity index (χ1n) is 5.46. The van der Waals surface area contributed by atoms with Gasteiger partial charge >= 0.3 is 6.15 Å². The molecule has 18 heavy (non-hydrogen) atoms. The molecule has 2 aromatic heterocycles. The largest absolute Gasteiger partial charge is 0.373 e. The molecule has 0 unspecified atom stereocenters. The highest BCUT2D eigenvalue weighted by atomic mass is 79.9. The Balaban J connectivity index is 0.000000492. The van der Waals surface area contributed by atoms with E-state index in [9.17, 15) is 0 Å². The molecule has 0 saturated heterocycles. The molecule has 0 aliphatic rings. The fourth-order valence-corrected chi connectivity index (χ4v) is 2.81. The molecule has 0 aliphatic carbocycles. The highest BCUT2D eigenvalue weighted by molar-refractivity contribution is 9.10. The van der Waals surface area contributed by atoms with E-state index in [1.165, 1.54) is 10.7 Å². The Kier molecular flexibility index (Phi) is 6.12. The van der Waals surface area contributed by atoms with Crippen LogP contribution in [0.2, 0.25) is 0 Å². The fourth-order valence-electron chi connectivity index (χ4n) is 1.57. The van der Waals surface area contributed by atoms with Gasteiger partial charge in [0.2, 0.25) is 0 Å². The molecule has 4 nitrogen and oxygen atoms in total. The molecule has 0 N–H and O–H groups in total. The van der Waals surface area contributed by atoms with Crippen LogP contribution in [0, 0.1) is 0 Å². The quantitative estimate of drug-likeness (QED) is 0.812. The van der Waals surface area contributed by atoms with Gasteiger partial charge in [-0.25, -0.2) is 4.98 Å². The molecule has 0 fully saturated rings. The van der Waals surface area contributed by atoms with E-state index in [1.807, 2.05) is 17.8 Å². The van der Waals surface area contributed by atoms with Crippen LogP contribution in [0.1, 0.15) is 19.5 Å². The van der Waals surface area contributed by atoms with Gasteiger partial charge in [0.15, 0.2) is 0 Å². The summed E-state index contributed by atoms with van der Waals surface area (Å²) in [6.07, 6.45) is 3.31. The summed E-state index contributed by atoms with van der Waals surface area (Å²) < 4.78 is 3.24. The molecule has 96 valence electrons. The monoisotopic (exact) mass is 328 g/mol. The Labute approximate surface area is 118 Å². The summed E-state index contributed by atoms with van der Waals surface area (Å²) in [4.78, 5) is 20.9. The van der Waals surface area contributed by atoms with Crippen molar-refractivity contribution in [3.63, 3.8) is 0 Å². The Hall–Kier alpha value is -1.10. The second kappa shape index (κ2) is 7.36. The number of pyridine rings is 1. The standard InChI is InChI=1S/C11H13BrN2S.CO2/c1-3-9-11(15-4-2)14-6-5-8(12)7-10(14)13-9;2-1-3/h5-7H,3-4H2,1-2H3;. The molecule has 6 heteroatoms. The normalized spacial score (nSPS) is 9.72. The lowest BCUT2D eigenvalue weighted by Crippen LogP contribution is -1.88. The number of hydrogen-bond donors (Lipinski definition) is 0. The number of fused-ring (bicyclic) bond motifs is 1. The maximum Gasteiger partial charge on any atom is 0.373 e. The lowest BCUT2D eigenvalue weighted by Gasteiger charge is -2.01. The third kappa shape index (κ3) is 3.45. The number of rotatable bonds is 3. The van der Waals surface area contributed by atoms with Crippen LogP contribution in [0.25, 0.3) is 5.65 Å². The molecule has 0 amide bonds. The second-order valence-corrected chi connectivity index (χ2v) is 5.48. The van der Waals surface area contributed by atoms with Gasteiger partial charge < -0.3 is 0 Å². The van der Waals surface area contributed by atoms with Gasteiger partial charge in [-0.2, -0.15) is 9.59 Å². The van der Waals surface area contributed by atoms with Crippen molar-refractivity contribution in [1.29, 1.82) is 0 Å². The summed E-state index contributed by atoms with van der Waals surface area (Å²) in [5, 5.41) is 1.28. The molecule has 0 spiro atoms. The number of hydrogen-bond acceptors (Lipinski definition) is 4. The third-order valence-corrected chi connectivity index (χ3v) is 3.72.